The van der Waals surface area contributed by atoms with Crippen LogP contribution in [0.25, 0.3) is 0 Å². The Morgan fingerprint density at radius 1 is 1.56 bits per heavy atom. The van der Waals surface area contributed by atoms with E-state index in [1.807, 2.05) is 25.1 Å². The molecule has 0 unspecified atom stereocenters. The number of hydrogen-bond donors (Lipinski definition) is 1. The molecule has 3 nitrogen and oxygen atoms in total. The van der Waals surface area contributed by atoms with E-state index in [9.17, 15) is 0 Å². The van der Waals surface area contributed by atoms with E-state index in [2.05, 4.69) is 6.07 Å². The van der Waals surface area contributed by atoms with Gasteiger partial charge < -0.3 is 10.5 Å². The molecule has 0 saturated heterocycles. The lowest BCUT2D eigenvalue weighted by atomic mass is 10.1. The summed E-state index contributed by atoms with van der Waals surface area (Å²) in [5, 5.41) is 8.93. The molecule has 0 fully saturated rings. The molecule has 1 aromatic rings. The van der Waals surface area contributed by atoms with Crippen molar-refractivity contribution in [2.24, 2.45) is 5.73 Å². The normalized spacial score (nSPS) is 11.9. The van der Waals surface area contributed by atoms with Gasteiger partial charge in [0.25, 0.3) is 0 Å². The van der Waals surface area contributed by atoms with Crippen LogP contribution in [0.1, 0.15) is 31.4 Å². The number of halogens is 1. The number of nitrogens with two attached hydrogens (primary N) is 1. The quantitative estimate of drug-likeness (QED) is 0.802. The molecular formula is C12H15ClN2O. The largest absolute Gasteiger partial charge is 0.492 e. The van der Waals surface area contributed by atoms with Crippen molar-refractivity contribution in [2.75, 3.05) is 6.61 Å². The van der Waals surface area contributed by atoms with Gasteiger partial charge in [-0.05, 0) is 31.0 Å². The van der Waals surface area contributed by atoms with E-state index in [-0.39, 0.29) is 6.04 Å². The Kier molecular flexibility index (Phi) is 5.10. The Morgan fingerprint density at radius 3 is 2.88 bits per heavy atom. The molecule has 0 heterocycles. The second-order valence-electron chi connectivity index (χ2n) is 3.59. The van der Waals surface area contributed by atoms with E-state index in [4.69, 9.17) is 27.3 Å². The first-order valence-electron chi connectivity index (χ1n) is 5.20. The van der Waals surface area contributed by atoms with Gasteiger partial charge in [-0.15, -0.1) is 0 Å². The molecule has 16 heavy (non-hydrogen) atoms. The summed E-state index contributed by atoms with van der Waals surface area (Å²) in [7, 11) is 0. The number of rotatable bonds is 5. The number of benzene rings is 1. The molecule has 1 aromatic carbocycles. The molecule has 0 amide bonds. The Hall–Kier alpha value is -1.24. The lowest BCUT2D eigenvalue weighted by Crippen LogP contribution is -2.05. The van der Waals surface area contributed by atoms with Crippen LogP contribution in [-0.4, -0.2) is 6.61 Å². The van der Waals surface area contributed by atoms with Crippen molar-refractivity contribution in [1.29, 1.82) is 5.26 Å². The van der Waals surface area contributed by atoms with Gasteiger partial charge >= 0.3 is 0 Å². The second-order valence-corrected chi connectivity index (χ2v) is 4.00. The highest BCUT2D eigenvalue weighted by atomic mass is 35.5. The molecule has 0 aromatic heterocycles. The number of nitrogens with zero attached hydrogens (tertiary/aromatic N) is 1. The second kappa shape index (κ2) is 6.37. The van der Waals surface area contributed by atoms with E-state index < -0.39 is 0 Å². The smallest absolute Gasteiger partial charge is 0.137 e. The van der Waals surface area contributed by atoms with Gasteiger partial charge in [-0.2, -0.15) is 5.26 Å². The predicted molar refractivity (Wildman–Crippen MR) is 64.4 cm³/mol. The summed E-state index contributed by atoms with van der Waals surface area (Å²) in [6.07, 6.45) is 1.21. The predicted octanol–water partition coefficient (Wildman–Crippen LogP) is 3.04. The Morgan fingerprint density at radius 2 is 2.31 bits per heavy atom. The average Bonchev–Trinajstić information content (AvgIpc) is 2.26. The van der Waals surface area contributed by atoms with Crippen LogP contribution in [0.5, 0.6) is 5.75 Å². The summed E-state index contributed by atoms with van der Waals surface area (Å²) in [6.45, 7) is 2.41. The highest BCUT2D eigenvalue weighted by Gasteiger charge is 2.05. The van der Waals surface area contributed by atoms with Crippen LogP contribution in [0, 0.1) is 11.3 Å². The molecule has 0 radical (unpaired) electrons. The van der Waals surface area contributed by atoms with Crippen molar-refractivity contribution >= 4 is 11.6 Å². The third kappa shape index (κ3) is 3.73. The molecule has 4 heteroatoms. The van der Waals surface area contributed by atoms with Gasteiger partial charge in [0.05, 0.1) is 17.7 Å². The van der Waals surface area contributed by atoms with Crippen molar-refractivity contribution in [2.45, 2.75) is 25.8 Å². The summed E-state index contributed by atoms with van der Waals surface area (Å²) in [6, 6.07) is 7.55. The summed E-state index contributed by atoms with van der Waals surface area (Å²) in [5.41, 5.74) is 6.72. The van der Waals surface area contributed by atoms with Crippen molar-refractivity contribution in [3.05, 3.63) is 28.8 Å². The standard InChI is InChI=1S/C12H15ClN2O/c1-9(15)10-4-5-12(11(13)8-10)16-7-3-2-6-14/h4-5,8-9H,2-3,7,15H2,1H3/t9-/m1/s1. The first-order valence-corrected chi connectivity index (χ1v) is 5.57. The maximum Gasteiger partial charge on any atom is 0.137 e. The molecule has 0 saturated carbocycles. The summed E-state index contributed by atoms with van der Waals surface area (Å²) < 4.78 is 5.45. The highest BCUT2D eigenvalue weighted by Crippen LogP contribution is 2.27. The van der Waals surface area contributed by atoms with Gasteiger partial charge in [-0.3, -0.25) is 0 Å². The zero-order valence-corrected chi connectivity index (χ0v) is 10.00. The zero-order valence-electron chi connectivity index (χ0n) is 9.24. The van der Waals surface area contributed by atoms with Crippen LogP contribution in [-0.2, 0) is 0 Å². The molecule has 86 valence electrons. The topological polar surface area (TPSA) is 59.0 Å². The number of nitriles is 1. The summed E-state index contributed by atoms with van der Waals surface area (Å²) >= 11 is 6.04. The van der Waals surface area contributed by atoms with Crippen molar-refractivity contribution < 1.29 is 4.74 Å². The van der Waals surface area contributed by atoms with Gasteiger partial charge in [-0.25, -0.2) is 0 Å². The maximum absolute atomic E-state index is 8.37. The Bertz CT molecular complexity index is 385. The van der Waals surface area contributed by atoms with E-state index in [0.717, 1.165) is 5.56 Å². The van der Waals surface area contributed by atoms with E-state index in [1.54, 1.807) is 0 Å². The third-order valence-electron chi connectivity index (χ3n) is 2.17. The van der Waals surface area contributed by atoms with Crippen LogP contribution >= 0.6 is 11.6 Å². The Balaban J connectivity index is 2.58. The van der Waals surface area contributed by atoms with Crippen molar-refractivity contribution in [1.82, 2.24) is 0 Å². The SMILES string of the molecule is C[C@@H](N)c1ccc(OCCCC#N)c(Cl)c1. The minimum Gasteiger partial charge on any atom is -0.492 e. The molecule has 0 aliphatic rings. The Labute approximate surface area is 101 Å². The number of unbranched alkanes of at least 4 members (excludes halogenated alkanes) is 1. The molecule has 0 bridgehead atoms. The lowest BCUT2D eigenvalue weighted by Gasteiger charge is -2.10. The molecule has 0 spiro atoms. The molecule has 0 aliphatic carbocycles. The fraction of sp³-hybridized carbons (Fsp3) is 0.417. The first-order chi connectivity index (χ1) is 7.65. The number of ether oxygens (including phenoxy) is 1. The summed E-state index contributed by atoms with van der Waals surface area (Å²) in [4.78, 5) is 0. The average molecular weight is 239 g/mol. The van der Waals surface area contributed by atoms with Crippen LogP contribution < -0.4 is 10.5 Å². The van der Waals surface area contributed by atoms with Crippen molar-refractivity contribution in [3.63, 3.8) is 0 Å². The lowest BCUT2D eigenvalue weighted by molar-refractivity contribution is 0.313. The van der Waals surface area contributed by atoms with E-state index in [0.29, 0.717) is 30.2 Å². The summed E-state index contributed by atoms with van der Waals surface area (Å²) in [5.74, 6) is 0.643. The zero-order chi connectivity index (χ0) is 12.0. The number of hydrogen-bond acceptors (Lipinski definition) is 3. The third-order valence-corrected chi connectivity index (χ3v) is 2.47. The molecule has 1 atom stereocenters. The van der Waals surface area contributed by atoms with E-state index >= 15 is 0 Å². The van der Waals surface area contributed by atoms with Crippen LogP contribution in [0.2, 0.25) is 5.02 Å². The van der Waals surface area contributed by atoms with Crippen LogP contribution in [0.4, 0.5) is 0 Å². The van der Waals surface area contributed by atoms with Crippen molar-refractivity contribution in [3.8, 4) is 11.8 Å². The minimum atomic E-state index is -0.0369. The molecular weight excluding hydrogens is 224 g/mol. The van der Waals surface area contributed by atoms with Crippen LogP contribution in [0.3, 0.4) is 0 Å². The molecule has 2 N–H and O–H groups in total. The van der Waals surface area contributed by atoms with E-state index in [1.165, 1.54) is 0 Å². The minimum absolute atomic E-state index is 0.0369. The van der Waals surface area contributed by atoms with Gasteiger partial charge in [0.1, 0.15) is 5.75 Å². The van der Waals surface area contributed by atoms with Gasteiger partial charge in [0.2, 0.25) is 0 Å². The van der Waals surface area contributed by atoms with Gasteiger partial charge in [-0.1, -0.05) is 17.7 Å². The highest BCUT2D eigenvalue weighted by molar-refractivity contribution is 6.32. The monoisotopic (exact) mass is 238 g/mol. The molecule has 0 aliphatic heterocycles. The van der Waals surface area contributed by atoms with Crippen LogP contribution in [0.15, 0.2) is 18.2 Å². The van der Waals surface area contributed by atoms with Gasteiger partial charge in [0, 0.05) is 12.5 Å². The van der Waals surface area contributed by atoms with Gasteiger partial charge in [0.15, 0.2) is 0 Å². The fourth-order valence-corrected chi connectivity index (χ4v) is 1.49. The first kappa shape index (κ1) is 12.8. The fourth-order valence-electron chi connectivity index (χ4n) is 1.25. The maximum atomic E-state index is 8.37. The molecule has 1 rings (SSSR count).